The summed E-state index contributed by atoms with van der Waals surface area (Å²) >= 11 is 0. The second kappa shape index (κ2) is 4.60. The first-order valence-electron chi connectivity index (χ1n) is 5.85. The molecule has 0 aromatic rings. The van der Waals surface area contributed by atoms with Gasteiger partial charge in [-0.3, -0.25) is 0 Å². The lowest BCUT2D eigenvalue weighted by Crippen LogP contribution is -2.40. The molecule has 82 valence electrons. The van der Waals surface area contributed by atoms with E-state index in [0.717, 1.165) is 38.3 Å². The molecule has 2 fully saturated rings. The zero-order valence-corrected chi connectivity index (χ0v) is 9.25. The molecule has 0 bridgehead atoms. The second-order valence-corrected chi connectivity index (χ2v) is 4.69. The lowest BCUT2D eigenvalue weighted by atomic mass is 10.0. The molecular formula is C11H22N2O. The highest BCUT2D eigenvalue weighted by molar-refractivity contribution is 4.92. The fourth-order valence-electron chi connectivity index (χ4n) is 2.20. The standard InChI is InChI=1S/C11H22N2O/c1-3-12-11-7-14-6-9(11)5-13-10-4-8(10)2/h8-13H,3-7H2,1-2H3. The smallest absolute Gasteiger partial charge is 0.0623 e. The molecule has 1 saturated carbocycles. The summed E-state index contributed by atoms with van der Waals surface area (Å²) in [4.78, 5) is 0. The Balaban J connectivity index is 1.67. The third-order valence-corrected chi connectivity index (χ3v) is 3.42. The fraction of sp³-hybridized carbons (Fsp3) is 1.00. The summed E-state index contributed by atoms with van der Waals surface area (Å²) in [5, 5.41) is 7.10. The first kappa shape index (κ1) is 10.4. The van der Waals surface area contributed by atoms with Crippen molar-refractivity contribution in [3.8, 4) is 0 Å². The van der Waals surface area contributed by atoms with Gasteiger partial charge in [0, 0.05) is 24.5 Å². The predicted octanol–water partition coefficient (Wildman–Crippen LogP) is 0.609. The van der Waals surface area contributed by atoms with Gasteiger partial charge >= 0.3 is 0 Å². The summed E-state index contributed by atoms with van der Waals surface area (Å²) in [6.07, 6.45) is 1.36. The van der Waals surface area contributed by atoms with Crippen LogP contribution in [0.2, 0.25) is 0 Å². The quantitative estimate of drug-likeness (QED) is 0.679. The highest BCUT2D eigenvalue weighted by atomic mass is 16.5. The number of rotatable bonds is 5. The molecule has 0 radical (unpaired) electrons. The summed E-state index contributed by atoms with van der Waals surface area (Å²) in [5.74, 6) is 1.57. The van der Waals surface area contributed by atoms with Gasteiger partial charge in [0.15, 0.2) is 0 Å². The number of hydrogen-bond acceptors (Lipinski definition) is 3. The minimum absolute atomic E-state index is 0.571. The zero-order valence-electron chi connectivity index (χ0n) is 9.25. The van der Waals surface area contributed by atoms with Crippen molar-refractivity contribution < 1.29 is 4.74 Å². The van der Waals surface area contributed by atoms with Gasteiger partial charge in [-0.05, 0) is 18.9 Å². The first-order valence-corrected chi connectivity index (χ1v) is 5.85. The van der Waals surface area contributed by atoms with Crippen LogP contribution < -0.4 is 10.6 Å². The summed E-state index contributed by atoms with van der Waals surface area (Å²) < 4.78 is 5.50. The molecule has 2 rings (SSSR count). The topological polar surface area (TPSA) is 33.3 Å². The molecule has 1 aliphatic heterocycles. The number of likely N-dealkylation sites (N-methyl/N-ethyl adjacent to an activating group) is 1. The van der Waals surface area contributed by atoms with Crippen LogP contribution in [0.1, 0.15) is 20.3 Å². The van der Waals surface area contributed by atoms with Crippen molar-refractivity contribution >= 4 is 0 Å². The van der Waals surface area contributed by atoms with Crippen LogP contribution in [0.4, 0.5) is 0 Å². The van der Waals surface area contributed by atoms with E-state index >= 15 is 0 Å². The Morgan fingerprint density at radius 3 is 2.64 bits per heavy atom. The molecule has 2 aliphatic rings. The van der Waals surface area contributed by atoms with E-state index < -0.39 is 0 Å². The van der Waals surface area contributed by atoms with Gasteiger partial charge in [-0.1, -0.05) is 13.8 Å². The molecule has 1 saturated heterocycles. The molecule has 3 heteroatoms. The monoisotopic (exact) mass is 198 g/mol. The van der Waals surface area contributed by atoms with Crippen LogP contribution in [0.25, 0.3) is 0 Å². The van der Waals surface area contributed by atoms with E-state index in [2.05, 4.69) is 24.5 Å². The van der Waals surface area contributed by atoms with Crippen LogP contribution in [0.15, 0.2) is 0 Å². The Kier molecular flexibility index (Phi) is 3.42. The Labute approximate surface area is 86.6 Å². The SMILES string of the molecule is CCNC1COCC1CNC1CC1C. The van der Waals surface area contributed by atoms with Crippen molar-refractivity contribution in [3.63, 3.8) is 0 Å². The Morgan fingerprint density at radius 1 is 1.21 bits per heavy atom. The van der Waals surface area contributed by atoms with Crippen LogP contribution in [-0.2, 0) is 4.74 Å². The van der Waals surface area contributed by atoms with E-state index in [1.54, 1.807) is 0 Å². The summed E-state index contributed by atoms with van der Waals surface area (Å²) in [5.41, 5.74) is 0. The minimum Gasteiger partial charge on any atom is -0.379 e. The van der Waals surface area contributed by atoms with Crippen LogP contribution in [0, 0.1) is 11.8 Å². The van der Waals surface area contributed by atoms with Gasteiger partial charge in [0.25, 0.3) is 0 Å². The van der Waals surface area contributed by atoms with Crippen molar-refractivity contribution in [1.82, 2.24) is 10.6 Å². The van der Waals surface area contributed by atoms with Gasteiger partial charge in [0.05, 0.1) is 13.2 Å². The molecule has 0 aromatic heterocycles. The van der Waals surface area contributed by atoms with Gasteiger partial charge in [-0.15, -0.1) is 0 Å². The van der Waals surface area contributed by atoms with Crippen molar-refractivity contribution in [2.45, 2.75) is 32.4 Å². The van der Waals surface area contributed by atoms with Crippen molar-refractivity contribution in [1.29, 1.82) is 0 Å². The van der Waals surface area contributed by atoms with E-state index in [4.69, 9.17) is 4.74 Å². The van der Waals surface area contributed by atoms with Crippen molar-refractivity contribution in [2.75, 3.05) is 26.3 Å². The summed E-state index contributed by atoms with van der Waals surface area (Å²) in [7, 11) is 0. The van der Waals surface area contributed by atoms with Crippen LogP contribution >= 0.6 is 0 Å². The number of ether oxygens (including phenoxy) is 1. The Hall–Kier alpha value is -0.120. The molecule has 0 spiro atoms. The van der Waals surface area contributed by atoms with E-state index in [-0.39, 0.29) is 0 Å². The van der Waals surface area contributed by atoms with Gasteiger partial charge < -0.3 is 15.4 Å². The molecule has 0 amide bonds. The number of hydrogen-bond donors (Lipinski definition) is 2. The highest BCUT2D eigenvalue weighted by Gasteiger charge is 2.34. The molecule has 1 heterocycles. The third-order valence-electron chi connectivity index (χ3n) is 3.42. The second-order valence-electron chi connectivity index (χ2n) is 4.69. The molecular weight excluding hydrogens is 176 g/mol. The summed E-state index contributed by atoms with van der Waals surface area (Å²) in [6, 6.07) is 1.36. The largest absolute Gasteiger partial charge is 0.379 e. The van der Waals surface area contributed by atoms with Gasteiger partial charge in [0.1, 0.15) is 0 Å². The molecule has 2 N–H and O–H groups in total. The predicted molar refractivity (Wildman–Crippen MR) is 57.3 cm³/mol. The zero-order chi connectivity index (χ0) is 9.97. The number of nitrogens with one attached hydrogen (secondary N) is 2. The summed E-state index contributed by atoms with van der Waals surface area (Å²) in [6.45, 7) is 8.44. The first-order chi connectivity index (χ1) is 6.81. The highest BCUT2D eigenvalue weighted by Crippen LogP contribution is 2.29. The maximum Gasteiger partial charge on any atom is 0.0623 e. The van der Waals surface area contributed by atoms with Gasteiger partial charge in [-0.2, -0.15) is 0 Å². The molecule has 3 nitrogen and oxygen atoms in total. The van der Waals surface area contributed by atoms with Crippen LogP contribution in [0.3, 0.4) is 0 Å². The fourth-order valence-corrected chi connectivity index (χ4v) is 2.20. The lowest BCUT2D eigenvalue weighted by Gasteiger charge is -2.18. The van der Waals surface area contributed by atoms with E-state index in [0.29, 0.717) is 12.0 Å². The van der Waals surface area contributed by atoms with E-state index in [1.165, 1.54) is 6.42 Å². The average molecular weight is 198 g/mol. The Bertz CT molecular complexity index is 186. The molecule has 4 unspecified atom stereocenters. The van der Waals surface area contributed by atoms with Gasteiger partial charge in [0.2, 0.25) is 0 Å². The lowest BCUT2D eigenvalue weighted by molar-refractivity contribution is 0.182. The van der Waals surface area contributed by atoms with Gasteiger partial charge in [-0.25, -0.2) is 0 Å². The maximum absolute atomic E-state index is 5.50. The third kappa shape index (κ3) is 2.47. The molecule has 4 atom stereocenters. The van der Waals surface area contributed by atoms with E-state index in [9.17, 15) is 0 Å². The minimum atomic E-state index is 0.571. The molecule has 14 heavy (non-hydrogen) atoms. The maximum atomic E-state index is 5.50. The Morgan fingerprint density at radius 2 is 2.00 bits per heavy atom. The molecule has 0 aromatic carbocycles. The molecule has 1 aliphatic carbocycles. The van der Waals surface area contributed by atoms with E-state index in [1.807, 2.05) is 0 Å². The van der Waals surface area contributed by atoms with Crippen LogP contribution in [-0.4, -0.2) is 38.4 Å². The van der Waals surface area contributed by atoms with Crippen molar-refractivity contribution in [3.05, 3.63) is 0 Å². The average Bonchev–Trinajstić information content (AvgIpc) is 2.70. The normalized spacial score (nSPS) is 41.6. The van der Waals surface area contributed by atoms with Crippen molar-refractivity contribution in [2.24, 2.45) is 11.8 Å². The van der Waals surface area contributed by atoms with Crippen LogP contribution in [0.5, 0.6) is 0 Å².